The second kappa shape index (κ2) is 6.73. The fourth-order valence-electron chi connectivity index (χ4n) is 3.19. The third kappa shape index (κ3) is 2.75. The van der Waals surface area contributed by atoms with Crippen LogP contribution in [-0.4, -0.2) is 32.0 Å². The van der Waals surface area contributed by atoms with Crippen LogP contribution < -0.4 is 11.0 Å². The van der Waals surface area contributed by atoms with Gasteiger partial charge >= 0.3 is 5.97 Å². The predicted molar refractivity (Wildman–Crippen MR) is 102 cm³/mol. The van der Waals surface area contributed by atoms with Crippen LogP contribution in [0.3, 0.4) is 0 Å². The maximum atomic E-state index is 13.1. The van der Waals surface area contributed by atoms with Crippen molar-refractivity contribution in [2.75, 3.05) is 7.11 Å². The number of hydrogen-bond donors (Lipinski definition) is 1. The average Bonchev–Trinajstić information content (AvgIpc) is 2.71. The first kappa shape index (κ1) is 17.6. The lowest BCUT2D eigenvalue weighted by atomic mass is 10.2. The highest BCUT2D eigenvalue weighted by atomic mass is 16.5. The van der Waals surface area contributed by atoms with Gasteiger partial charge in [-0.05, 0) is 42.3 Å². The predicted octanol–water partition coefficient (Wildman–Crippen LogP) is 1.67. The Hall–Kier alpha value is -3.81. The van der Waals surface area contributed by atoms with Crippen LogP contribution in [0.25, 0.3) is 16.7 Å². The van der Waals surface area contributed by atoms with Gasteiger partial charge < -0.3 is 9.30 Å². The molecule has 0 atom stereocenters. The van der Waals surface area contributed by atoms with Crippen LogP contribution in [0.2, 0.25) is 0 Å². The monoisotopic (exact) mass is 375 g/mol. The molecule has 0 aliphatic heterocycles. The van der Waals surface area contributed by atoms with Gasteiger partial charge in [0.05, 0.1) is 19.0 Å². The van der Waals surface area contributed by atoms with E-state index in [1.54, 1.807) is 29.2 Å². The Balaban J connectivity index is 2.14. The minimum atomic E-state index is -0.677. The fourth-order valence-corrected chi connectivity index (χ4v) is 3.19. The summed E-state index contributed by atoms with van der Waals surface area (Å²) in [6.45, 7) is 2.13. The van der Waals surface area contributed by atoms with Crippen LogP contribution in [0.5, 0.6) is 0 Å². The van der Waals surface area contributed by atoms with E-state index in [1.165, 1.54) is 17.6 Å². The van der Waals surface area contributed by atoms with Gasteiger partial charge in [-0.25, -0.2) is 9.78 Å². The molecule has 0 radical (unpaired) electrons. The number of rotatable bonds is 3. The van der Waals surface area contributed by atoms with Gasteiger partial charge in [0, 0.05) is 18.6 Å². The highest BCUT2D eigenvalue weighted by Gasteiger charge is 2.18. The van der Waals surface area contributed by atoms with Crippen molar-refractivity contribution in [1.82, 2.24) is 18.9 Å². The lowest BCUT2D eigenvalue weighted by Crippen LogP contribution is -2.31. The van der Waals surface area contributed by atoms with E-state index in [0.29, 0.717) is 11.3 Å². The first-order valence-corrected chi connectivity index (χ1v) is 8.58. The van der Waals surface area contributed by atoms with Gasteiger partial charge in [-0.3, -0.25) is 19.6 Å². The molecule has 0 aromatic carbocycles. The van der Waals surface area contributed by atoms with Gasteiger partial charge in [0.2, 0.25) is 0 Å². The third-order valence-electron chi connectivity index (χ3n) is 4.63. The summed E-state index contributed by atoms with van der Waals surface area (Å²) in [4.78, 5) is 34.0. The number of esters is 1. The van der Waals surface area contributed by atoms with Crippen LogP contribution in [0.4, 0.5) is 0 Å². The number of pyridine rings is 3. The summed E-state index contributed by atoms with van der Waals surface area (Å²) in [7, 11) is 1.24. The van der Waals surface area contributed by atoms with E-state index in [0.717, 1.165) is 11.1 Å². The van der Waals surface area contributed by atoms with E-state index in [9.17, 15) is 9.59 Å². The number of ether oxygens (including phenoxy) is 1. The van der Waals surface area contributed by atoms with Crippen LogP contribution in [-0.2, 0) is 11.3 Å². The summed E-state index contributed by atoms with van der Waals surface area (Å²) >= 11 is 0. The lowest BCUT2D eigenvalue weighted by molar-refractivity contribution is 0.0597. The molecular weight excluding hydrogens is 358 g/mol. The minimum Gasteiger partial charge on any atom is -0.465 e. The topological polar surface area (TPSA) is 102 Å². The molecule has 0 saturated heterocycles. The Morgan fingerprint density at radius 1 is 1.21 bits per heavy atom. The Morgan fingerprint density at radius 3 is 2.68 bits per heavy atom. The SMILES string of the molecule is COC(=O)c1cc2c(=O)n3cccc(C)c3nc2n(Cc2ccncc2)c1=N. The van der Waals surface area contributed by atoms with Gasteiger partial charge in [0.15, 0.2) is 0 Å². The largest absolute Gasteiger partial charge is 0.465 e. The van der Waals surface area contributed by atoms with E-state index < -0.39 is 5.97 Å². The normalized spacial score (nSPS) is 11.1. The van der Waals surface area contributed by atoms with Crippen LogP contribution in [0, 0.1) is 12.3 Å². The molecule has 0 aliphatic rings. The van der Waals surface area contributed by atoms with Crippen LogP contribution in [0.15, 0.2) is 53.7 Å². The number of nitrogens with one attached hydrogen (secondary N) is 1. The van der Waals surface area contributed by atoms with Crippen molar-refractivity contribution >= 4 is 22.6 Å². The molecule has 4 aromatic heterocycles. The summed E-state index contributed by atoms with van der Waals surface area (Å²) in [5.74, 6) is -0.677. The van der Waals surface area contributed by atoms with Crippen LogP contribution >= 0.6 is 0 Å². The summed E-state index contributed by atoms with van der Waals surface area (Å²) in [5, 5.41) is 8.79. The van der Waals surface area contributed by atoms with E-state index in [4.69, 9.17) is 10.1 Å². The second-order valence-electron chi connectivity index (χ2n) is 6.38. The number of carbonyl (C=O) groups is 1. The summed E-state index contributed by atoms with van der Waals surface area (Å²) < 4.78 is 7.80. The quantitative estimate of drug-likeness (QED) is 0.433. The maximum Gasteiger partial charge on any atom is 0.341 e. The highest BCUT2D eigenvalue weighted by Crippen LogP contribution is 2.14. The molecule has 0 unspecified atom stereocenters. The molecule has 0 spiro atoms. The zero-order valence-corrected chi connectivity index (χ0v) is 15.3. The molecule has 0 bridgehead atoms. The standard InChI is InChI=1S/C20H17N5O3/c1-12-4-3-9-24-17(12)23-18-15(19(24)26)10-14(20(27)28-2)16(21)25(18)11-13-5-7-22-8-6-13/h3-10,21H,11H2,1-2H3. The fraction of sp³-hybridized carbons (Fsp3) is 0.150. The number of carbonyl (C=O) groups excluding carboxylic acids is 1. The molecule has 0 aliphatic carbocycles. The molecule has 0 saturated carbocycles. The van der Waals surface area contributed by atoms with Gasteiger partial charge in [0.1, 0.15) is 22.3 Å². The Morgan fingerprint density at radius 2 is 1.96 bits per heavy atom. The average molecular weight is 375 g/mol. The number of aromatic nitrogens is 4. The zero-order valence-electron chi connectivity index (χ0n) is 15.3. The number of fused-ring (bicyclic) bond motifs is 2. The van der Waals surface area contributed by atoms with E-state index in [2.05, 4.69) is 9.97 Å². The third-order valence-corrected chi connectivity index (χ3v) is 4.63. The van der Waals surface area contributed by atoms with Crippen molar-refractivity contribution in [1.29, 1.82) is 5.41 Å². The van der Waals surface area contributed by atoms with Crippen molar-refractivity contribution in [2.24, 2.45) is 0 Å². The second-order valence-corrected chi connectivity index (χ2v) is 6.38. The number of aryl methyl sites for hydroxylation is 1. The van der Waals surface area contributed by atoms with Gasteiger partial charge in [-0.1, -0.05) is 6.07 Å². The van der Waals surface area contributed by atoms with Crippen molar-refractivity contribution in [2.45, 2.75) is 13.5 Å². The zero-order chi connectivity index (χ0) is 19.8. The molecule has 1 N–H and O–H groups in total. The molecule has 0 amide bonds. The Kier molecular flexibility index (Phi) is 4.23. The Bertz CT molecular complexity index is 1340. The maximum absolute atomic E-state index is 13.1. The molecule has 140 valence electrons. The summed E-state index contributed by atoms with van der Waals surface area (Å²) in [5.41, 5.74) is 2.18. The molecule has 4 rings (SSSR count). The van der Waals surface area contributed by atoms with Crippen molar-refractivity contribution in [3.8, 4) is 0 Å². The molecule has 0 fully saturated rings. The van der Waals surface area contributed by atoms with E-state index >= 15 is 0 Å². The van der Waals surface area contributed by atoms with Gasteiger partial charge in [-0.2, -0.15) is 0 Å². The molecule has 4 heterocycles. The number of nitrogens with zero attached hydrogens (tertiary/aromatic N) is 4. The van der Waals surface area contributed by atoms with Crippen molar-refractivity contribution in [3.05, 3.63) is 81.5 Å². The summed E-state index contributed by atoms with van der Waals surface area (Å²) in [6.07, 6.45) is 4.93. The van der Waals surface area contributed by atoms with Crippen molar-refractivity contribution < 1.29 is 9.53 Å². The number of hydrogen-bond acceptors (Lipinski definition) is 6. The van der Waals surface area contributed by atoms with E-state index in [1.807, 2.05) is 25.1 Å². The number of methoxy groups -OCH3 is 1. The molecule has 8 heteroatoms. The first-order valence-electron chi connectivity index (χ1n) is 8.58. The highest BCUT2D eigenvalue weighted by molar-refractivity contribution is 5.93. The first-order chi connectivity index (χ1) is 13.5. The smallest absolute Gasteiger partial charge is 0.341 e. The van der Waals surface area contributed by atoms with Gasteiger partial charge in [-0.15, -0.1) is 0 Å². The van der Waals surface area contributed by atoms with Gasteiger partial charge in [0.25, 0.3) is 5.56 Å². The minimum absolute atomic E-state index is 0.00978. The molecule has 4 aromatic rings. The molecule has 28 heavy (non-hydrogen) atoms. The molecule has 8 nitrogen and oxygen atoms in total. The lowest BCUT2D eigenvalue weighted by Gasteiger charge is -2.14. The van der Waals surface area contributed by atoms with Crippen LogP contribution in [0.1, 0.15) is 21.5 Å². The molecular formula is C20H17N5O3. The Labute approximate surface area is 159 Å². The summed E-state index contributed by atoms with van der Waals surface area (Å²) in [6, 6.07) is 8.63. The van der Waals surface area contributed by atoms with Crippen molar-refractivity contribution in [3.63, 3.8) is 0 Å². The van der Waals surface area contributed by atoms with E-state index in [-0.39, 0.29) is 28.5 Å².